The van der Waals surface area contributed by atoms with Gasteiger partial charge >= 0.3 is 0 Å². The second-order valence-electron chi connectivity index (χ2n) is 7.22. The van der Waals surface area contributed by atoms with Gasteiger partial charge in [0.15, 0.2) is 5.96 Å². The van der Waals surface area contributed by atoms with E-state index in [-0.39, 0.29) is 24.0 Å². The van der Waals surface area contributed by atoms with Crippen LogP contribution in [0, 0.1) is 0 Å². The molecule has 2 unspecified atom stereocenters. The van der Waals surface area contributed by atoms with Gasteiger partial charge in [0.25, 0.3) is 0 Å². The monoisotopic (exact) mass is 482 g/mol. The number of halogens is 1. The molecule has 2 atom stereocenters. The number of rotatable bonds is 10. The van der Waals surface area contributed by atoms with Crippen molar-refractivity contribution in [1.29, 1.82) is 0 Å². The largest absolute Gasteiger partial charge is 0.379 e. The van der Waals surface area contributed by atoms with Gasteiger partial charge in [-0.3, -0.25) is 4.99 Å². The summed E-state index contributed by atoms with van der Waals surface area (Å²) in [5.41, 5.74) is 0. The van der Waals surface area contributed by atoms with Gasteiger partial charge < -0.3 is 25.0 Å². The highest BCUT2D eigenvalue weighted by atomic mass is 127. The maximum absolute atomic E-state index is 5.68. The number of piperidine rings is 1. The standard InChI is InChI=1S/C19H38N4O2.HI/c1-17-8-3-4-12-23(17)13-6-10-21-19(20-2)22-11-7-14-24-16-18-9-5-15-25-18;/h17-18H,3-16H2,1-2H3,(H2,20,21,22);1H. The Bertz CT molecular complexity index is 379. The molecule has 0 saturated carbocycles. The second-order valence-corrected chi connectivity index (χ2v) is 7.22. The maximum atomic E-state index is 5.68. The minimum absolute atomic E-state index is 0. The summed E-state index contributed by atoms with van der Waals surface area (Å²) in [7, 11) is 1.83. The highest BCUT2D eigenvalue weighted by molar-refractivity contribution is 14.0. The van der Waals surface area contributed by atoms with E-state index >= 15 is 0 Å². The molecule has 2 aliphatic rings. The van der Waals surface area contributed by atoms with Gasteiger partial charge in [0.2, 0.25) is 0 Å². The molecule has 0 aromatic carbocycles. The number of aliphatic imine (C=N–C) groups is 1. The van der Waals surface area contributed by atoms with Crippen molar-refractivity contribution in [1.82, 2.24) is 15.5 Å². The van der Waals surface area contributed by atoms with E-state index < -0.39 is 0 Å². The number of likely N-dealkylation sites (tertiary alicyclic amines) is 1. The van der Waals surface area contributed by atoms with Gasteiger partial charge in [0.05, 0.1) is 12.7 Å². The minimum atomic E-state index is 0. The molecule has 0 aromatic heterocycles. The third-order valence-corrected chi connectivity index (χ3v) is 5.16. The Balaban J connectivity index is 0.00000338. The Kier molecular flexibility index (Phi) is 13.7. The lowest BCUT2D eigenvalue weighted by Gasteiger charge is -2.33. The number of nitrogens with zero attached hydrogens (tertiary/aromatic N) is 2. The quantitative estimate of drug-likeness (QED) is 0.217. The van der Waals surface area contributed by atoms with Crippen molar-refractivity contribution in [2.45, 2.75) is 64.0 Å². The first-order valence-electron chi connectivity index (χ1n) is 10.2. The number of hydrogen-bond acceptors (Lipinski definition) is 4. The van der Waals surface area contributed by atoms with E-state index in [0.717, 1.165) is 64.2 Å². The van der Waals surface area contributed by atoms with Crippen LogP contribution in [0.4, 0.5) is 0 Å². The molecule has 0 aliphatic carbocycles. The van der Waals surface area contributed by atoms with Crippen LogP contribution in [0.15, 0.2) is 4.99 Å². The normalized spacial score (nSPS) is 24.3. The fourth-order valence-electron chi connectivity index (χ4n) is 3.57. The van der Waals surface area contributed by atoms with Crippen LogP contribution in [0.25, 0.3) is 0 Å². The average Bonchev–Trinajstić information content (AvgIpc) is 3.14. The Labute approximate surface area is 176 Å². The molecule has 0 spiro atoms. The van der Waals surface area contributed by atoms with Gasteiger partial charge in [-0.1, -0.05) is 6.42 Å². The average molecular weight is 482 g/mol. The zero-order chi connectivity index (χ0) is 17.7. The molecule has 26 heavy (non-hydrogen) atoms. The second kappa shape index (κ2) is 14.9. The molecule has 6 nitrogen and oxygen atoms in total. The molecule has 0 bridgehead atoms. The Morgan fingerprint density at radius 2 is 1.96 bits per heavy atom. The highest BCUT2D eigenvalue weighted by Crippen LogP contribution is 2.16. The molecule has 2 saturated heterocycles. The van der Waals surface area contributed by atoms with Gasteiger partial charge in [-0.15, -0.1) is 24.0 Å². The van der Waals surface area contributed by atoms with Crippen molar-refractivity contribution in [3.05, 3.63) is 0 Å². The van der Waals surface area contributed by atoms with Crippen molar-refractivity contribution in [3.8, 4) is 0 Å². The van der Waals surface area contributed by atoms with E-state index in [2.05, 4.69) is 27.4 Å². The van der Waals surface area contributed by atoms with Gasteiger partial charge in [0, 0.05) is 45.9 Å². The molecule has 0 aromatic rings. The molecule has 2 fully saturated rings. The Morgan fingerprint density at radius 1 is 1.15 bits per heavy atom. The molecule has 7 heteroatoms. The third-order valence-electron chi connectivity index (χ3n) is 5.16. The molecule has 2 N–H and O–H groups in total. The zero-order valence-electron chi connectivity index (χ0n) is 16.7. The molecular weight excluding hydrogens is 443 g/mol. The van der Waals surface area contributed by atoms with Crippen molar-refractivity contribution in [2.75, 3.05) is 53.0 Å². The van der Waals surface area contributed by atoms with Crippen LogP contribution in [-0.4, -0.2) is 76.1 Å². The number of ether oxygens (including phenoxy) is 2. The number of hydrogen-bond donors (Lipinski definition) is 2. The summed E-state index contributed by atoms with van der Waals surface area (Å²) in [4.78, 5) is 6.91. The fraction of sp³-hybridized carbons (Fsp3) is 0.947. The fourth-order valence-corrected chi connectivity index (χ4v) is 3.57. The van der Waals surface area contributed by atoms with Crippen LogP contribution in [0.1, 0.15) is 51.9 Å². The minimum Gasteiger partial charge on any atom is -0.379 e. The van der Waals surface area contributed by atoms with Gasteiger partial charge in [-0.25, -0.2) is 0 Å². The number of nitrogens with one attached hydrogen (secondary N) is 2. The van der Waals surface area contributed by atoms with Gasteiger partial charge in [-0.05, 0) is 52.0 Å². The summed E-state index contributed by atoms with van der Waals surface area (Å²) in [6.07, 6.45) is 8.89. The van der Waals surface area contributed by atoms with Crippen LogP contribution >= 0.6 is 24.0 Å². The first kappa shape index (κ1) is 23.9. The van der Waals surface area contributed by atoms with Crippen LogP contribution < -0.4 is 10.6 Å². The molecule has 2 heterocycles. The topological polar surface area (TPSA) is 58.1 Å². The summed E-state index contributed by atoms with van der Waals surface area (Å²) < 4.78 is 11.2. The lowest BCUT2D eigenvalue weighted by Crippen LogP contribution is -2.41. The summed E-state index contributed by atoms with van der Waals surface area (Å²) in [5, 5.41) is 6.77. The zero-order valence-corrected chi connectivity index (χ0v) is 19.0. The molecule has 0 radical (unpaired) electrons. The predicted molar refractivity (Wildman–Crippen MR) is 119 cm³/mol. The summed E-state index contributed by atoms with van der Waals surface area (Å²) >= 11 is 0. The van der Waals surface area contributed by atoms with E-state index in [4.69, 9.17) is 9.47 Å². The Hall–Kier alpha value is -0.120. The predicted octanol–water partition coefficient (Wildman–Crippen LogP) is 2.62. The van der Waals surface area contributed by atoms with E-state index in [1.165, 1.54) is 38.8 Å². The van der Waals surface area contributed by atoms with E-state index in [0.29, 0.717) is 6.10 Å². The smallest absolute Gasteiger partial charge is 0.190 e. The summed E-state index contributed by atoms with van der Waals surface area (Å²) in [6.45, 7) is 9.07. The van der Waals surface area contributed by atoms with Crippen molar-refractivity contribution < 1.29 is 9.47 Å². The summed E-state index contributed by atoms with van der Waals surface area (Å²) in [5.74, 6) is 0.894. The first-order valence-corrected chi connectivity index (χ1v) is 10.2. The van der Waals surface area contributed by atoms with Crippen LogP contribution in [0.3, 0.4) is 0 Å². The molecular formula is C19H39IN4O2. The van der Waals surface area contributed by atoms with Gasteiger partial charge in [-0.2, -0.15) is 0 Å². The van der Waals surface area contributed by atoms with Gasteiger partial charge in [0.1, 0.15) is 0 Å². The molecule has 2 rings (SSSR count). The maximum Gasteiger partial charge on any atom is 0.190 e. The van der Waals surface area contributed by atoms with E-state index in [1.807, 2.05) is 7.05 Å². The van der Waals surface area contributed by atoms with Crippen molar-refractivity contribution in [3.63, 3.8) is 0 Å². The van der Waals surface area contributed by atoms with Crippen LogP contribution in [0.2, 0.25) is 0 Å². The lowest BCUT2D eigenvalue weighted by atomic mass is 10.0. The van der Waals surface area contributed by atoms with E-state index in [1.54, 1.807) is 0 Å². The molecule has 2 aliphatic heterocycles. The van der Waals surface area contributed by atoms with Crippen molar-refractivity contribution >= 4 is 29.9 Å². The third kappa shape index (κ3) is 9.71. The highest BCUT2D eigenvalue weighted by Gasteiger charge is 2.17. The van der Waals surface area contributed by atoms with Crippen molar-refractivity contribution in [2.24, 2.45) is 4.99 Å². The first-order chi connectivity index (χ1) is 12.3. The van der Waals surface area contributed by atoms with Crippen LogP contribution in [-0.2, 0) is 9.47 Å². The van der Waals surface area contributed by atoms with Crippen LogP contribution in [0.5, 0.6) is 0 Å². The summed E-state index contributed by atoms with van der Waals surface area (Å²) in [6, 6.07) is 0.751. The molecule has 154 valence electrons. The SMILES string of the molecule is CN=C(NCCCOCC1CCCO1)NCCCN1CCCCC1C.I. The number of guanidine groups is 1. The van der Waals surface area contributed by atoms with E-state index in [9.17, 15) is 0 Å². The molecule has 0 amide bonds. The Morgan fingerprint density at radius 3 is 2.65 bits per heavy atom. The lowest BCUT2D eigenvalue weighted by molar-refractivity contribution is 0.0168.